The van der Waals surface area contributed by atoms with Crippen molar-refractivity contribution in [2.75, 3.05) is 0 Å². The minimum Gasteiger partial charge on any atom is -0.481 e. The van der Waals surface area contributed by atoms with E-state index in [1.165, 1.54) is 0 Å². The molecule has 3 N–H and O–H groups in total. The molecule has 2 aromatic rings. The molecule has 0 aliphatic rings. The third kappa shape index (κ3) is 1.82. The lowest BCUT2D eigenvalue weighted by Crippen LogP contribution is -2.06. The summed E-state index contributed by atoms with van der Waals surface area (Å²) in [6, 6.07) is 7.23. The van der Waals surface area contributed by atoms with Gasteiger partial charge >= 0.3 is 5.97 Å². The highest BCUT2D eigenvalue weighted by molar-refractivity contribution is 5.82. The van der Waals surface area contributed by atoms with E-state index >= 15 is 0 Å². The highest BCUT2D eigenvalue weighted by atomic mass is 16.4. The van der Waals surface area contributed by atoms with Crippen molar-refractivity contribution >= 4 is 16.9 Å². The van der Waals surface area contributed by atoms with E-state index in [1.54, 1.807) is 12.1 Å². The number of aromatic amines is 1. The van der Waals surface area contributed by atoms with Crippen LogP contribution in [-0.2, 0) is 4.79 Å². The summed E-state index contributed by atoms with van der Waals surface area (Å²) in [6.07, 6.45) is -1.37. The van der Waals surface area contributed by atoms with Crippen molar-refractivity contribution in [2.45, 2.75) is 12.5 Å². The van der Waals surface area contributed by atoms with Crippen LogP contribution in [0.15, 0.2) is 24.3 Å². The summed E-state index contributed by atoms with van der Waals surface area (Å²) in [5.41, 5.74) is 1.17. The Hall–Kier alpha value is -1.88. The maximum atomic E-state index is 10.4. The molecular weight excluding hydrogens is 196 g/mol. The zero-order valence-electron chi connectivity index (χ0n) is 7.84. The molecule has 0 aliphatic carbocycles. The number of hydrogen-bond donors (Lipinski definition) is 3. The molecule has 1 aromatic heterocycles. The highest BCUT2D eigenvalue weighted by Gasteiger charge is 2.16. The topological polar surface area (TPSA) is 86.2 Å². The lowest BCUT2D eigenvalue weighted by molar-refractivity contribution is -0.139. The Labute approximate surface area is 85.4 Å². The number of aliphatic carboxylic acids is 1. The van der Waals surface area contributed by atoms with Crippen molar-refractivity contribution in [3.05, 3.63) is 30.0 Å². The number of aliphatic hydroxyl groups excluding tert-OH is 1. The number of aromatic nitrogens is 2. The van der Waals surface area contributed by atoms with Gasteiger partial charge in [-0.1, -0.05) is 18.2 Å². The fraction of sp³-hybridized carbons (Fsp3) is 0.200. The number of aliphatic hydroxyl groups is 1. The number of rotatable bonds is 3. The number of hydrogen-bond acceptors (Lipinski definition) is 3. The molecule has 15 heavy (non-hydrogen) atoms. The van der Waals surface area contributed by atoms with Crippen molar-refractivity contribution in [3.8, 4) is 0 Å². The number of carbonyl (C=O) groups is 1. The first-order valence-electron chi connectivity index (χ1n) is 4.51. The van der Waals surface area contributed by atoms with Crippen LogP contribution in [0.1, 0.15) is 18.2 Å². The minimum atomic E-state index is -1.05. The number of fused-ring (bicyclic) bond motifs is 1. The Morgan fingerprint density at radius 2 is 2.20 bits per heavy atom. The number of carboxylic acids is 1. The molecule has 2 rings (SSSR count). The van der Waals surface area contributed by atoms with E-state index in [2.05, 4.69) is 10.2 Å². The van der Waals surface area contributed by atoms with Crippen molar-refractivity contribution in [3.63, 3.8) is 0 Å². The van der Waals surface area contributed by atoms with E-state index in [4.69, 9.17) is 5.11 Å². The Kier molecular flexibility index (Phi) is 2.39. The SMILES string of the molecule is O=C(O)CC(O)c1[nH]nc2ccccc12. The summed E-state index contributed by atoms with van der Waals surface area (Å²) < 4.78 is 0. The first-order valence-corrected chi connectivity index (χ1v) is 4.51. The standard InChI is InChI=1S/C10H10N2O3/c13-8(5-9(14)15)10-6-3-1-2-4-7(6)11-12-10/h1-4,8,13H,5H2,(H,11,12)(H,14,15). The third-order valence-corrected chi connectivity index (χ3v) is 2.19. The summed E-state index contributed by atoms with van der Waals surface area (Å²) in [6.45, 7) is 0. The quantitative estimate of drug-likeness (QED) is 0.701. The second-order valence-electron chi connectivity index (χ2n) is 3.27. The number of nitrogens with zero attached hydrogens (tertiary/aromatic N) is 1. The van der Waals surface area contributed by atoms with E-state index in [1.807, 2.05) is 12.1 Å². The summed E-state index contributed by atoms with van der Waals surface area (Å²) in [4.78, 5) is 10.4. The van der Waals surface area contributed by atoms with E-state index < -0.39 is 12.1 Å². The monoisotopic (exact) mass is 206 g/mol. The largest absolute Gasteiger partial charge is 0.481 e. The van der Waals surface area contributed by atoms with Crippen molar-refractivity contribution in [1.29, 1.82) is 0 Å². The van der Waals surface area contributed by atoms with Crippen LogP contribution in [-0.4, -0.2) is 26.4 Å². The molecule has 0 saturated heterocycles. The smallest absolute Gasteiger partial charge is 0.306 e. The van der Waals surface area contributed by atoms with E-state index in [-0.39, 0.29) is 6.42 Å². The molecule has 78 valence electrons. The van der Waals surface area contributed by atoms with Crippen molar-refractivity contribution in [1.82, 2.24) is 10.2 Å². The van der Waals surface area contributed by atoms with Gasteiger partial charge in [-0.3, -0.25) is 9.89 Å². The molecule has 5 heteroatoms. The summed E-state index contributed by atoms with van der Waals surface area (Å²) in [5.74, 6) is -1.04. The van der Waals surface area contributed by atoms with Gasteiger partial charge in [-0.05, 0) is 6.07 Å². The molecule has 1 aromatic carbocycles. The Balaban J connectivity index is 2.39. The van der Waals surface area contributed by atoms with Crippen LogP contribution < -0.4 is 0 Å². The maximum Gasteiger partial charge on any atom is 0.306 e. The normalized spacial score (nSPS) is 12.9. The number of para-hydroxylation sites is 1. The maximum absolute atomic E-state index is 10.4. The average molecular weight is 206 g/mol. The van der Waals surface area contributed by atoms with Gasteiger partial charge in [-0.25, -0.2) is 0 Å². The first-order chi connectivity index (χ1) is 7.18. The van der Waals surface area contributed by atoms with Gasteiger partial charge in [0.2, 0.25) is 0 Å². The molecule has 0 amide bonds. The van der Waals surface area contributed by atoms with Gasteiger partial charge in [-0.2, -0.15) is 5.10 Å². The highest BCUT2D eigenvalue weighted by Crippen LogP contribution is 2.23. The average Bonchev–Trinajstić information content (AvgIpc) is 2.59. The van der Waals surface area contributed by atoms with Crippen LogP contribution in [0.4, 0.5) is 0 Å². The van der Waals surface area contributed by atoms with Gasteiger partial charge in [0.1, 0.15) is 6.10 Å². The zero-order chi connectivity index (χ0) is 10.8. The third-order valence-electron chi connectivity index (χ3n) is 2.19. The van der Waals surface area contributed by atoms with Crippen molar-refractivity contribution < 1.29 is 15.0 Å². The van der Waals surface area contributed by atoms with Crippen LogP contribution in [0.5, 0.6) is 0 Å². The molecule has 0 saturated carbocycles. The Morgan fingerprint density at radius 3 is 2.93 bits per heavy atom. The molecule has 0 bridgehead atoms. The molecule has 1 heterocycles. The van der Waals surface area contributed by atoms with Gasteiger partial charge < -0.3 is 10.2 Å². The van der Waals surface area contributed by atoms with Gasteiger partial charge in [0, 0.05) is 5.39 Å². The molecule has 0 radical (unpaired) electrons. The van der Waals surface area contributed by atoms with Crippen LogP contribution in [0.2, 0.25) is 0 Å². The number of carboxylic acid groups (broad SMARTS) is 1. The predicted molar refractivity (Wildman–Crippen MR) is 53.3 cm³/mol. The molecule has 1 atom stereocenters. The molecule has 0 fully saturated rings. The second-order valence-corrected chi connectivity index (χ2v) is 3.27. The van der Waals surface area contributed by atoms with E-state index in [0.29, 0.717) is 5.69 Å². The molecule has 5 nitrogen and oxygen atoms in total. The summed E-state index contributed by atoms with van der Waals surface area (Å²) in [5, 5.41) is 25.6. The predicted octanol–water partition coefficient (Wildman–Crippen LogP) is 1.07. The van der Waals surface area contributed by atoms with Crippen LogP contribution in [0.25, 0.3) is 10.9 Å². The fourth-order valence-electron chi connectivity index (χ4n) is 1.50. The van der Waals surface area contributed by atoms with Gasteiger partial charge in [-0.15, -0.1) is 0 Å². The summed E-state index contributed by atoms with van der Waals surface area (Å²) in [7, 11) is 0. The lowest BCUT2D eigenvalue weighted by atomic mass is 10.1. The number of nitrogens with one attached hydrogen (secondary N) is 1. The number of benzene rings is 1. The van der Waals surface area contributed by atoms with Crippen molar-refractivity contribution in [2.24, 2.45) is 0 Å². The second kappa shape index (κ2) is 3.70. The zero-order valence-corrected chi connectivity index (χ0v) is 7.84. The molecule has 0 spiro atoms. The molecule has 1 unspecified atom stereocenters. The fourth-order valence-corrected chi connectivity index (χ4v) is 1.50. The Morgan fingerprint density at radius 1 is 1.47 bits per heavy atom. The Bertz CT molecular complexity index is 492. The van der Waals surface area contributed by atoms with Crippen LogP contribution >= 0.6 is 0 Å². The first kappa shape index (κ1) is 9.67. The summed E-state index contributed by atoms with van der Waals surface area (Å²) >= 11 is 0. The lowest BCUT2D eigenvalue weighted by Gasteiger charge is -2.04. The molecule has 0 aliphatic heterocycles. The van der Waals surface area contributed by atoms with Crippen LogP contribution in [0.3, 0.4) is 0 Å². The number of H-pyrrole nitrogens is 1. The van der Waals surface area contributed by atoms with Gasteiger partial charge in [0.15, 0.2) is 0 Å². The van der Waals surface area contributed by atoms with E-state index in [0.717, 1.165) is 10.9 Å². The van der Waals surface area contributed by atoms with Gasteiger partial charge in [0.05, 0.1) is 17.6 Å². The van der Waals surface area contributed by atoms with E-state index in [9.17, 15) is 9.90 Å². The van der Waals surface area contributed by atoms with Crippen LogP contribution in [0, 0.1) is 0 Å². The minimum absolute atomic E-state index is 0.327. The van der Waals surface area contributed by atoms with Gasteiger partial charge in [0.25, 0.3) is 0 Å². The molecular formula is C10H10N2O3.